The lowest BCUT2D eigenvalue weighted by atomic mass is 9.81. The molecule has 0 aromatic rings. The maximum absolute atomic E-state index is 12.0. The van der Waals surface area contributed by atoms with Crippen molar-refractivity contribution in [1.82, 2.24) is 4.90 Å². The summed E-state index contributed by atoms with van der Waals surface area (Å²) in [5.74, 6) is -3.48. The second-order valence-corrected chi connectivity index (χ2v) is 4.65. The van der Waals surface area contributed by atoms with Gasteiger partial charge in [-0.3, -0.25) is 19.3 Å². The van der Waals surface area contributed by atoms with Crippen LogP contribution in [-0.4, -0.2) is 63.3 Å². The van der Waals surface area contributed by atoms with Gasteiger partial charge in [-0.2, -0.15) is 0 Å². The van der Waals surface area contributed by atoms with E-state index in [2.05, 4.69) is 4.74 Å². The molecule has 0 bridgehead atoms. The normalized spacial score (nSPS) is 30.8. The lowest BCUT2D eigenvalue weighted by Gasteiger charge is -2.33. The molecule has 0 N–H and O–H groups in total. The number of likely N-dealkylation sites (N-methyl/N-ethyl adjacent to an activating group) is 1. The van der Waals surface area contributed by atoms with Gasteiger partial charge in [0.05, 0.1) is 27.2 Å². The molecule has 1 unspecified atom stereocenters. The first-order valence-corrected chi connectivity index (χ1v) is 5.79. The van der Waals surface area contributed by atoms with E-state index in [1.54, 1.807) is 18.9 Å². The molecule has 0 spiro atoms. The van der Waals surface area contributed by atoms with Crippen LogP contribution in [0.5, 0.6) is 0 Å². The Bertz CT molecular complexity index is 396. The third-order valence-corrected chi connectivity index (χ3v) is 3.83. The SMILES string of the molecule is COC(=O)[C@H]1CN(C)C(C)(C(=O)OC)[C@@H]1C(=O)OC. The Morgan fingerprint density at radius 3 is 2.00 bits per heavy atom. The van der Waals surface area contributed by atoms with Gasteiger partial charge in [-0.15, -0.1) is 0 Å². The van der Waals surface area contributed by atoms with Crippen LogP contribution in [0.2, 0.25) is 0 Å². The quantitative estimate of drug-likeness (QED) is 0.503. The van der Waals surface area contributed by atoms with Crippen LogP contribution in [0.3, 0.4) is 0 Å². The minimum Gasteiger partial charge on any atom is -0.469 e. The number of nitrogens with zero attached hydrogens (tertiary/aromatic N) is 1. The van der Waals surface area contributed by atoms with Crippen molar-refractivity contribution < 1.29 is 28.6 Å². The highest BCUT2D eigenvalue weighted by atomic mass is 16.5. The van der Waals surface area contributed by atoms with Crippen LogP contribution in [0.1, 0.15) is 6.92 Å². The first-order chi connectivity index (χ1) is 8.84. The molecule has 0 radical (unpaired) electrons. The molecule has 1 rings (SSSR count). The predicted octanol–water partition coefficient (Wildman–Crippen LogP) is -0.558. The van der Waals surface area contributed by atoms with E-state index in [1.165, 1.54) is 21.3 Å². The molecule has 1 fully saturated rings. The second kappa shape index (κ2) is 5.56. The van der Waals surface area contributed by atoms with E-state index in [1.807, 2.05) is 0 Å². The van der Waals surface area contributed by atoms with Gasteiger partial charge in [-0.05, 0) is 14.0 Å². The van der Waals surface area contributed by atoms with Gasteiger partial charge in [0.2, 0.25) is 0 Å². The van der Waals surface area contributed by atoms with Crippen LogP contribution in [0.15, 0.2) is 0 Å². The molecule has 7 heteroatoms. The molecule has 0 amide bonds. The van der Waals surface area contributed by atoms with Gasteiger partial charge < -0.3 is 14.2 Å². The average Bonchev–Trinajstić information content (AvgIpc) is 2.69. The van der Waals surface area contributed by atoms with Crippen molar-refractivity contribution in [2.45, 2.75) is 12.5 Å². The first-order valence-electron chi connectivity index (χ1n) is 5.79. The van der Waals surface area contributed by atoms with Gasteiger partial charge in [-0.1, -0.05) is 0 Å². The number of hydrogen-bond donors (Lipinski definition) is 0. The average molecular weight is 273 g/mol. The Labute approximate surface area is 111 Å². The molecule has 1 heterocycles. The summed E-state index contributed by atoms with van der Waals surface area (Å²) in [6.45, 7) is 1.78. The number of hydrogen-bond acceptors (Lipinski definition) is 7. The topological polar surface area (TPSA) is 82.1 Å². The zero-order valence-electron chi connectivity index (χ0n) is 11.8. The van der Waals surface area contributed by atoms with Gasteiger partial charge in [0.1, 0.15) is 11.5 Å². The van der Waals surface area contributed by atoms with Crippen molar-refractivity contribution in [1.29, 1.82) is 0 Å². The Morgan fingerprint density at radius 1 is 1.05 bits per heavy atom. The highest BCUT2D eigenvalue weighted by Gasteiger charge is 2.61. The van der Waals surface area contributed by atoms with Crippen molar-refractivity contribution in [3.05, 3.63) is 0 Å². The molecule has 0 aliphatic carbocycles. The largest absolute Gasteiger partial charge is 0.469 e. The summed E-state index contributed by atoms with van der Waals surface area (Å²) in [5.41, 5.74) is -1.25. The fourth-order valence-corrected chi connectivity index (χ4v) is 2.59. The van der Waals surface area contributed by atoms with Crippen LogP contribution in [0.4, 0.5) is 0 Å². The number of likely N-dealkylation sites (tertiary alicyclic amines) is 1. The molecule has 0 aromatic heterocycles. The number of esters is 3. The van der Waals surface area contributed by atoms with Crippen molar-refractivity contribution in [3.8, 4) is 0 Å². The van der Waals surface area contributed by atoms with E-state index in [0.29, 0.717) is 0 Å². The molecule has 7 nitrogen and oxygen atoms in total. The molecule has 1 aliphatic rings. The van der Waals surface area contributed by atoms with Gasteiger partial charge >= 0.3 is 17.9 Å². The van der Waals surface area contributed by atoms with E-state index in [-0.39, 0.29) is 6.54 Å². The lowest BCUT2D eigenvalue weighted by molar-refractivity contribution is -0.166. The minimum absolute atomic E-state index is 0.220. The number of rotatable bonds is 3. The highest BCUT2D eigenvalue weighted by Crippen LogP contribution is 2.40. The van der Waals surface area contributed by atoms with E-state index in [4.69, 9.17) is 9.47 Å². The molecular formula is C12H19NO6. The fraction of sp³-hybridized carbons (Fsp3) is 0.750. The zero-order chi connectivity index (χ0) is 14.8. The van der Waals surface area contributed by atoms with Crippen molar-refractivity contribution in [2.75, 3.05) is 34.9 Å². The van der Waals surface area contributed by atoms with Crippen molar-refractivity contribution in [3.63, 3.8) is 0 Å². The summed E-state index contributed by atoms with van der Waals surface area (Å²) in [6, 6.07) is 0. The predicted molar refractivity (Wildman–Crippen MR) is 64.1 cm³/mol. The Balaban J connectivity index is 3.25. The maximum Gasteiger partial charge on any atom is 0.326 e. The molecule has 19 heavy (non-hydrogen) atoms. The molecule has 0 saturated carbocycles. The number of methoxy groups -OCH3 is 3. The van der Waals surface area contributed by atoms with Crippen molar-refractivity contribution in [2.24, 2.45) is 11.8 Å². The summed E-state index contributed by atoms with van der Waals surface area (Å²) < 4.78 is 14.2. The Morgan fingerprint density at radius 2 is 1.58 bits per heavy atom. The van der Waals surface area contributed by atoms with Gasteiger partial charge in [0.25, 0.3) is 0 Å². The summed E-state index contributed by atoms with van der Waals surface area (Å²) in [6.07, 6.45) is 0. The van der Waals surface area contributed by atoms with E-state index in [0.717, 1.165) is 0 Å². The summed E-state index contributed by atoms with van der Waals surface area (Å²) in [4.78, 5) is 37.4. The van der Waals surface area contributed by atoms with Gasteiger partial charge in [0, 0.05) is 6.54 Å². The monoisotopic (exact) mass is 273 g/mol. The standard InChI is InChI=1S/C12H19NO6/c1-12(11(16)19-5)8(10(15)18-4)7(6-13(12)2)9(14)17-3/h7-8H,6H2,1-5H3/t7-,8-,12?/m0/s1. The summed E-state index contributed by atoms with van der Waals surface area (Å²) >= 11 is 0. The molecule has 1 aliphatic heterocycles. The Kier molecular flexibility index (Phi) is 4.52. The van der Waals surface area contributed by atoms with Crippen LogP contribution >= 0.6 is 0 Å². The number of carbonyl (C=O) groups is 3. The maximum atomic E-state index is 12.0. The minimum atomic E-state index is -1.25. The van der Waals surface area contributed by atoms with Gasteiger partial charge in [0.15, 0.2) is 0 Å². The van der Waals surface area contributed by atoms with Gasteiger partial charge in [-0.25, -0.2) is 0 Å². The number of carbonyl (C=O) groups excluding carboxylic acids is 3. The Hall–Kier alpha value is -1.63. The van der Waals surface area contributed by atoms with E-state index in [9.17, 15) is 14.4 Å². The van der Waals surface area contributed by atoms with Crippen LogP contribution in [0, 0.1) is 11.8 Å². The molecule has 1 saturated heterocycles. The molecular weight excluding hydrogens is 254 g/mol. The third-order valence-electron chi connectivity index (χ3n) is 3.83. The molecule has 3 atom stereocenters. The molecule has 108 valence electrons. The van der Waals surface area contributed by atoms with E-state index >= 15 is 0 Å². The van der Waals surface area contributed by atoms with Crippen LogP contribution in [-0.2, 0) is 28.6 Å². The third kappa shape index (κ3) is 2.30. The van der Waals surface area contributed by atoms with E-state index < -0.39 is 35.3 Å². The highest BCUT2D eigenvalue weighted by molar-refractivity contribution is 5.93. The fourth-order valence-electron chi connectivity index (χ4n) is 2.59. The molecule has 0 aromatic carbocycles. The van der Waals surface area contributed by atoms with Crippen LogP contribution < -0.4 is 0 Å². The summed E-state index contributed by atoms with van der Waals surface area (Å²) in [7, 11) is 5.34. The summed E-state index contributed by atoms with van der Waals surface area (Å²) in [5, 5.41) is 0. The first kappa shape index (κ1) is 15.4. The second-order valence-electron chi connectivity index (χ2n) is 4.65. The number of ether oxygens (including phenoxy) is 3. The zero-order valence-corrected chi connectivity index (χ0v) is 11.8. The lowest BCUT2D eigenvalue weighted by Crippen LogP contribution is -2.54. The smallest absolute Gasteiger partial charge is 0.326 e. The van der Waals surface area contributed by atoms with Crippen molar-refractivity contribution >= 4 is 17.9 Å². The van der Waals surface area contributed by atoms with Crippen LogP contribution in [0.25, 0.3) is 0 Å².